The molecular formula is C21H25N3O4. The number of amides is 3. The van der Waals surface area contributed by atoms with Crippen LogP contribution in [-0.2, 0) is 9.59 Å². The number of nitrogens with one attached hydrogen (secondary N) is 2. The summed E-state index contributed by atoms with van der Waals surface area (Å²) in [5.41, 5.74) is -0.444. The van der Waals surface area contributed by atoms with Gasteiger partial charge in [-0.25, -0.2) is 0 Å². The first-order valence-electron chi connectivity index (χ1n) is 10.1. The second-order valence-corrected chi connectivity index (χ2v) is 8.91. The van der Waals surface area contributed by atoms with Gasteiger partial charge in [-0.15, -0.1) is 0 Å². The summed E-state index contributed by atoms with van der Waals surface area (Å²) >= 11 is 0. The second-order valence-electron chi connectivity index (χ2n) is 8.91. The molecule has 7 nitrogen and oxygen atoms in total. The summed E-state index contributed by atoms with van der Waals surface area (Å²) in [5.74, 6) is 0.437. The van der Waals surface area contributed by atoms with Crippen molar-refractivity contribution in [1.29, 1.82) is 0 Å². The molecule has 1 aromatic rings. The first-order chi connectivity index (χ1) is 13.4. The molecule has 3 aliphatic carbocycles. The van der Waals surface area contributed by atoms with Gasteiger partial charge in [0.15, 0.2) is 5.72 Å². The maximum atomic E-state index is 13.2. The Bertz CT molecular complexity index is 871. The summed E-state index contributed by atoms with van der Waals surface area (Å²) in [5, 5.41) is 5.91. The lowest BCUT2D eigenvalue weighted by Crippen LogP contribution is -2.69. The van der Waals surface area contributed by atoms with Crippen molar-refractivity contribution < 1.29 is 19.1 Å². The highest BCUT2D eigenvalue weighted by Crippen LogP contribution is 2.59. The van der Waals surface area contributed by atoms with Crippen molar-refractivity contribution in [3.05, 3.63) is 29.8 Å². The van der Waals surface area contributed by atoms with Crippen LogP contribution in [0.1, 0.15) is 43.0 Å². The Morgan fingerprint density at radius 1 is 1.29 bits per heavy atom. The molecule has 4 fully saturated rings. The fraction of sp³-hybridized carbons (Fsp3) is 0.571. The van der Waals surface area contributed by atoms with Crippen LogP contribution < -0.4 is 15.4 Å². The average Bonchev–Trinajstić information content (AvgIpc) is 2.67. The molecule has 148 valence electrons. The molecule has 6 rings (SSSR count). The van der Waals surface area contributed by atoms with E-state index in [0.29, 0.717) is 37.2 Å². The molecule has 3 amide bonds. The van der Waals surface area contributed by atoms with Crippen LogP contribution in [0.4, 0.5) is 0 Å². The molecule has 2 bridgehead atoms. The van der Waals surface area contributed by atoms with Crippen LogP contribution in [0.25, 0.3) is 0 Å². The van der Waals surface area contributed by atoms with E-state index in [0.717, 1.165) is 12.8 Å². The maximum absolute atomic E-state index is 13.2. The normalized spacial score (nSPS) is 36.4. The Hall–Kier alpha value is -2.57. The van der Waals surface area contributed by atoms with Crippen molar-refractivity contribution in [2.45, 2.75) is 38.3 Å². The minimum Gasteiger partial charge on any atom is -0.467 e. The standard InChI is InChI=1S/C21H25N3O4/c1-20-7-6-13(10-15(20)19(27)24-9-8-22-17(25)11-24)21(12-20)23-18(26)14-4-2-3-5-16(14)28-21/h2-5,13,15H,6-12H2,1H3,(H,22,25)(H,23,26)/t13-,15+,20-,21+/m0/s1. The molecule has 2 aliphatic heterocycles. The van der Waals surface area contributed by atoms with Crippen LogP contribution in [0.3, 0.4) is 0 Å². The van der Waals surface area contributed by atoms with Gasteiger partial charge in [-0.05, 0) is 36.8 Å². The molecule has 0 unspecified atom stereocenters. The van der Waals surface area contributed by atoms with Gasteiger partial charge in [0.2, 0.25) is 11.8 Å². The van der Waals surface area contributed by atoms with E-state index >= 15 is 0 Å². The third-order valence-electron chi connectivity index (χ3n) is 7.15. The monoisotopic (exact) mass is 383 g/mol. The van der Waals surface area contributed by atoms with Crippen molar-refractivity contribution >= 4 is 17.7 Å². The van der Waals surface area contributed by atoms with E-state index in [9.17, 15) is 14.4 Å². The predicted octanol–water partition coefficient (Wildman–Crippen LogP) is 1.29. The Labute approximate surface area is 163 Å². The topological polar surface area (TPSA) is 87.7 Å². The zero-order valence-electron chi connectivity index (χ0n) is 16.0. The molecular weight excluding hydrogens is 358 g/mol. The highest BCUT2D eigenvalue weighted by molar-refractivity contribution is 5.98. The maximum Gasteiger partial charge on any atom is 0.258 e. The van der Waals surface area contributed by atoms with Crippen molar-refractivity contribution in [3.8, 4) is 5.75 Å². The Kier molecular flexibility index (Phi) is 3.73. The van der Waals surface area contributed by atoms with Crippen molar-refractivity contribution in [2.75, 3.05) is 19.6 Å². The minimum atomic E-state index is -0.742. The molecule has 2 heterocycles. The number of nitrogens with zero attached hydrogens (tertiary/aromatic N) is 1. The lowest BCUT2D eigenvalue weighted by molar-refractivity contribution is -0.175. The van der Waals surface area contributed by atoms with E-state index < -0.39 is 5.72 Å². The number of fused-ring (bicyclic) bond motifs is 3. The third-order valence-corrected chi connectivity index (χ3v) is 7.15. The van der Waals surface area contributed by atoms with Gasteiger partial charge in [0.25, 0.3) is 5.91 Å². The van der Waals surface area contributed by atoms with Crippen LogP contribution >= 0.6 is 0 Å². The largest absolute Gasteiger partial charge is 0.467 e. The number of benzene rings is 1. The summed E-state index contributed by atoms with van der Waals surface area (Å²) in [4.78, 5) is 39.4. The van der Waals surface area contributed by atoms with Gasteiger partial charge in [-0.3, -0.25) is 14.4 Å². The van der Waals surface area contributed by atoms with Gasteiger partial charge in [0.05, 0.1) is 12.1 Å². The number of ether oxygens (including phenoxy) is 1. The zero-order chi connectivity index (χ0) is 19.5. The van der Waals surface area contributed by atoms with Gasteiger partial charge in [0.1, 0.15) is 5.75 Å². The lowest BCUT2D eigenvalue weighted by Gasteiger charge is -2.60. The highest BCUT2D eigenvalue weighted by Gasteiger charge is 2.62. The smallest absolute Gasteiger partial charge is 0.258 e. The van der Waals surface area contributed by atoms with Crippen LogP contribution in [0.2, 0.25) is 0 Å². The minimum absolute atomic E-state index is 0.0689. The van der Waals surface area contributed by atoms with Gasteiger partial charge >= 0.3 is 0 Å². The number of carbonyl (C=O) groups is 3. The second kappa shape index (κ2) is 5.96. The zero-order valence-corrected chi connectivity index (χ0v) is 16.0. The van der Waals surface area contributed by atoms with E-state index in [1.165, 1.54) is 0 Å². The average molecular weight is 383 g/mol. The van der Waals surface area contributed by atoms with Crippen LogP contribution in [0.15, 0.2) is 24.3 Å². The molecule has 2 N–H and O–H groups in total. The van der Waals surface area contributed by atoms with E-state index in [1.54, 1.807) is 11.0 Å². The molecule has 7 heteroatoms. The first-order valence-corrected chi connectivity index (χ1v) is 10.1. The number of hydrogen-bond donors (Lipinski definition) is 2. The van der Waals surface area contributed by atoms with Gasteiger partial charge in [-0.2, -0.15) is 0 Å². The van der Waals surface area contributed by atoms with Gasteiger partial charge in [-0.1, -0.05) is 19.1 Å². The van der Waals surface area contributed by atoms with Crippen LogP contribution in [-0.4, -0.2) is 48.0 Å². The summed E-state index contributed by atoms with van der Waals surface area (Å²) in [6.45, 7) is 3.35. The fourth-order valence-electron chi connectivity index (χ4n) is 5.68. The molecule has 0 aromatic heterocycles. The molecule has 0 radical (unpaired) electrons. The summed E-state index contributed by atoms with van der Waals surface area (Å²) < 4.78 is 6.40. The third kappa shape index (κ3) is 2.52. The van der Waals surface area contributed by atoms with Crippen LogP contribution in [0, 0.1) is 17.3 Å². The number of rotatable bonds is 1. The fourth-order valence-corrected chi connectivity index (χ4v) is 5.68. The Balaban J connectivity index is 1.42. The lowest BCUT2D eigenvalue weighted by atomic mass is 9.52. The number of piperazine rings is 1. The molecule has 3 saturated carbocycles. The van der Waals surface area contributed by atoms with E-state index in [4.69, 9.17) is 4.74 Å². The molecule has 1 aromatic carbocycles. The molecule has 1 spiro atoms. The first kappa shape index (κ1) is 17.5. The molecule has 4 atom stereocenters. The molecule has 28 heavy (non-hydrogen) atoms. The van der Waals surface area contributed by atoms with Crippen molar-refractivity contribution in [2.24, 2.45) is 17.3 Å². The Morgan fingerprint density at radius 2 is 2.11 bits per heavy atom. The SMILES string of the molecule is C[C@@]12CC[C@@H](C[C@@H]1C(=O)N1CCNC(=O)C1)[C@]1(C2)NC(=O)c2ccccc2O1. The highest BCUT2D eigenvalue weighted by atomic mass is 16.5. The van der Waals surface area contributed by atoms with Gasteiger partial charge in [0, 0.05) is 31.3 Å². The number of hydrogen-bond acceptors (Lipinski definition) is 4. The molecule has 1 saturated heterocycles. The van der Waals surface area contributed by atoms with E-state index in [2.05, 4.69) is 17.6 Å². The summed E-state index contributed by atoms with van der Waals surface area (Å²) in [6.07, 6.45) is 3.14. The van der Waals surface area contributed by atoms with E-state index in [-0.39, 0.29) is 41.5 Å². The molecule has 5 aliphatic rings. The number of para-hydroxylation sites is 1. The number of carbonyl (C=O) groups excluding carboxylic acids is 3. The Morgan fingerprint density at radius 3 is 2.89 bits per heavy atom. The van der Waals surface area contributed by atoms with E-state index in [1.807, 2.05) is 18.2 Å². The quantitative estimate of drug-likeness (QED) is 0.765. The predicted molar refractivity (Wildman–Crippen MR) is 100 cm³/mol. The summed E-state index contributed by atoms with van der Waals surface area (Å²) in [6, 6.07) is 7.32. The van der Waals surface area contributed by atoms with Crippen molar-refractivity contribution in [1.82, 2.24) is 15.5 Å². The van der Waals surface area contributed by atoms with Crippen molar-refractivity contribution in [3.63, 3.8) is 0 Å². The summed E-state index contributed by atoms with van der Waals surface area (Å²) in [7, 11) is 0. The van der Waals surface area contributed by atoms with Gasteiger partial charge < -0.3 is 20.3 Å². The van der Waals surface area contributed by atoms with Crippen LogP contribution in [0.5, 0.6) is 5.75 Å².